The first-order valence-corrected chi connectivity index (χ1v) is 5.28. The van der Waals surface area contributed by atoms with Gasteiger partial charge in [0, 0.05) is 12.4 Å². The summed E-state index contributed by atoms with van der Waals surface area (Å²) in [6.07, 6.45) is 8.63. The van der Waals surface area contributed by atoms with E-state index in [1.165, 1.54) is 0 Å². The van der Waals surface area contributed by atoms with Crippen molar-refractivity contribution < 1.29 is 4.74 Å². The van der Waals surface area contributed by atoms with E-state index in [0.29, 0.717) is 12.6 Å². The highest BCUT2D eigenvalue weighted by Gasteiger charge is 2.07. The number of nitrogens with two attached hydrogens (primary N) is 1. The van der Waals surface area contributed by atoms with Gasteiger partial charge in [0.25, 0.3) is 0 Å². The highest BCUT2D eigenvalue weighted by Crippen LogP contribution is 2.10. The van der Waals surface area contributed by atoms with E-state index in [4.69, 9.17) is 10.6 Å². The molecular formula is C10H13N7O. The summed E-state index contributed by atoms with van der Waals surface area (Å²) in [5.74, 6) is 5.91. The Balaban J connectivity index is 2.27. The molecule has 0 bridgehead atoms. The minimum absolute atomic E-state index is 0.194. The number of ether oxygens (including phenoxy) is 1. The Labute approximate surface area is 104 Å². The number of nitrogens with one attached hydrogen (secondary N) is 1. The molecule has 18 heavy (non-hydrogen) atoms. The van der Waals surface area contributed by atoms with Gasteiger partial charge < -0.3 is 4.74 Å². The zero-order valence-electron chi connectivity index (χ0n) is 9.82. The van der Waals surface area contributed by atoms with E-state index in [1.54, 1.807) is 23.3 Å². The number of nitrogens with zero attached hydrogens (tertiary/aromatic N) is 5. The number of aromatic nitrogens is 5. The Morgan fingerprint density at radius 2 is 2.33 bits per heavy atom. The summed E-state index contributed by atoms with van der Waals surface area (Å²) in [5.41, 5.74) is 2.37. The quantitative estimate of drug-likeness (QED) is 0.444. The lowest BCUT2D eigenvalue weighted by atomic mass is 10.6. The van der Waals surface area contributed by atoms with E-state index in [-0.39, 0.29) is 12.0 Å². The summed E-state index contributed by atoms with van der Waals surface area (Å²) in [6.45, 7) is 2.29. The number of hydrogen-bond donors (Lipinski definition) is 2. The van der Waals surface area contributed by atoms with Gasteiger partial charge in [-0.1, -0.05) is 12.2 Å². The molecule has 2 rings (SSSR count). The lowest BCUT2D eigenvalue weighted by molar-refractivity contribution is 0.331. The molecule has 8 heteroatoms. The molecule has 94 valence electrons. The fraction of sp³-hybridized carbons (Fsp3) is 0.200. The van der Waals surface area contributed by atoms with Gasteiger partial charge in [-0.15, -0.1) is 0 Å². The average molecular weight is 247 g/mol. The van der Waals surface area contributed by atoms with Gasteiger partial charge in [-0.2, -0.15) is 15.0 Å². The topological polar surface area (TPSA) is 104 Å². The fourth-order valence-corrected chi connectivity index (χ4v) is 1.19. The second-order valence-electron chi connectivity index (χ2n) is 3.24. The second-order valence-corrected chi connectivity index (χ2v) is 3.24. The minimum Gasteiger partial charge on any atom is -0.459 e. The van der Waals surface area contributed by atoms with Gasteiger partial charge in [-0.25, -0.2) is 10.8 Å². The molecule has 0 spiro atoms. The lowest BCUT2D eigenvalue weighted by Crippen LogP contribution is -2.14. The maximum absolute atomic E-state index is 5.35. The molecular weight excluding hydrogens is 234 g/mol. The van der Waals surface area contributed by atoms with Crippen LogP contribution >= 0.6 is 0 Å². The number of hydrogen-bond acceptors (Lipinski definition) is 7. The predicted octanol–water partition coefficient (Wildman–Crippen LogP) is 0.298. The van der Waals surface area contributed by atoms with Crippen molar-refractivity contribution in [1.29, 1.82) is 0 Å². The van der Waals surface area contributed by atoms with Crippen LogP contribution in [0.15, 0.2) is 30.9 Å². The van der Waals surface area contributed by atoms with Crippen LogP contribution in [0.25, 0.3) is 5.95 Å². The molecule has 2 aromatic rings. The molecule has 0 saturated carbocycles. The maximum Gasteiger partial charge on any atom is 0.323 e. The Kier molecular flexibility index (Phi) is 3.82. The molecule has 3 N–H and O–H groups in total. The molecule has 0 fully saturated rings. The van der Waals surface area contributed by atoms with Gasteiger partial charge in [-0.3, -0.25) is 9.99 Å². The maximum atomic E-state index is 5.35. The van der Waals surface area contributed by atoms with Gasteiger partial charge in [0.1, 0.15) is 12.9 Å². The van der Waals surface area contributed by atoms with Gasteiger partial charge in [0.15, 0.2) is 0 Å². The van der Waals surface area contributed by atoms with Crippen LogP contribution in [0.3, 0.4) is 0 Å². The molecule has 0 aliphatic rings. The Hall–Kier alpha value is -2.48. The van der Waals surface area contributed by atoms with E-state index >= 15 is 0 Å². The standard InChI is InChI=1S/C10H13N7O/c1-2-3-6-18-10-14-8(16-11)13-9(15-10)17-5-4-12-7-17/h2-5,7H,6,11H2,1H3,(H,13,14,15,16)/b3-2+. The summed E-state index contributed by atoms with van der Waals surface area (Å²) in [7, 11) is 0. The molecule has 0 saturated heterocycles. The summed E-state index contributed by atoms with van der Waals surface area (Å²) in [5, 5.41) is 0. The number of hydrazine groups is 1. The molecule has 0 aromatic carbocycles. The molecule has 0 atom stereocenters. The van der Waals surface area contributed by atoms with Crippen LogP contribution in [0.1, 0.15) is 6.92 Å². The normalized spacial score (nSPS) is 10.8. The van der Waals surface area contributed by atoms with E-state index in [1.807, 2.05) is 19.1 Å². The molecule has 8 nitrogen and oxygen atoms in total. The smallest absolute Gasteiger partial charge is 0.323 e. The van der Waals surface area contributed by atoms with Crippen molar-refractivity contribution in [3.63, 3.8) is 0 Å². The highest BCUT2D eigenvalue weighted by molar-refractivity contribution is 5.28. The van der Waals surface area contributed by atoms with Crippen LogP contribution in [0.4, 0.5) is 5.95 Å². The van der Waals surface area contributed by atoms with Crippen molar-refractivity contribution in [3.05, 3.63) is 30.9 Å². The summed E-state index contributed by atoms with van der Waals surface area (Å²) >= 11 is 0. The van der Waals surface area contributed by atoms with E-state index in [0.717, 1.165) is 0 Å². The van der Waals surface area contributed by atoms with Crippen molar-refractivity contribution in [2.75, 3.05) is 12.0 Å². The van der Waals surface area contributed by atoms with Crippen molar-refractivity contribution in [1.82, 2.24) is 24.5 Å². The zero-order valence-corrected chi connectivity index (χ0v) is 9.82. The van der Waals surface area contributed by atoms with Crippen molar-refractivity contribution >= 4 is 5.95 Å². The number of nitrogen functional groups attached to an aromatic ring is 1. The van der Waals surface area contributed by atoms with Crippen molar-refractivity contribution in [2.24, 2.45) is 5.84 Å². The molecule has 0 aliphatic heterocycles. The first-order chi connectivity index (χ1) is 8.83. The van der Waals surface area contributed by atoms with Crippen LogP contribution in [-0.2, 0) is 0 Å². The SMILES string of the molecule is C/C=C/COc1nc(NN)nc(-n2ccnc2)n1. The molecule has 2 aromatic heterocycles. The number of rotatable bonds is 5. The van der Waals surface area contributed by atoms with Gasteiger partial charge >= 0.3 is 6.01 Å². The third-order valence-electron chi connectivity index (χ3n) is 2.01. The van der Waals surface area contributed by atoms with E-state index in [2.05, 4.69) is 25.4 Å². The first kappa shape index (κ1) is 12.0. The van der Waals surface area contributed by atoms with Crippen LogP contribution in [-0.4, -0.2) is 31.1 Å². The minimum atomic E-state index is 0.194. The first-order valence-electron chi connectivity index (χ1n) is 5.28. The van der Waals surface area contributed by atoms with E-state index < -0.39 is 0 Å². The third kappa shape index (κ3) is 2.80. The monoisotopic (exact) mass is 247 g/mol. The predicted molar refractivity (Wildman–Crippen MR) is 65.1 cm³/mol. The summed E-state index contributed by atoms with van der Waals surface area (Å²) in [6, 6.07) is 0.194. The van der Waals surface area contributed by atoms with Crippen LogP contribution in [0.5, 0.6) is 6.01 Å². The van der Waals surface area contributed by atoms with Gasteiger partial charge in [0.2, 0.25) is 11.9 Å². The number of anilines is 1. The Morgan fingerprint density at radius 3 is 3.00 bits per heavy atom. The fourth-order valence-electron chi connectivity index (χ4n) is 1.19. The lowest BCUT2D eigenvalue weighted by Gasteiger charge is -2.06. The van der Waals surface area contributed by atoms with Crippen LogP contribution < -0.4 is 16.0 Å². The van der Waals surface area contributed by atoms with E-state index in [9.17, 15) is 0 Å². The van der Waals surface area contributed by atoms with Crippen molar-refractivity contribution in [3.8, 4) is 12.0 Å². The zero-order chi connectivity index (χ0) is 12.8. The molecule has 0 amide bonds. The second kappa shape index (κ2) is 5.73. The number of allylic oxidation sites excluding steroid dienone is 1. The third-order valence-corrected chi connectivity index (χ3v) is 2.01. The Bertz CT molecular complexity index is 523. The van der Waals surface area contributed by atoms with Gasteiger partial charge in [0.05, 0.1) is 0 Å². The van der Waals surface area contributed by atoms with Crippen molar-refractivity contribution in [2.45, 2.75) is 6.92 Å². The summed E-state index contributed by atoms with van der Waals surface area (Å²) < 4.78 is 6.98. The molecule has 0 unspecified atom stereocenters. The largest absolute Gasteiger partial charge is 0.459 e. The molecule has 0 aliphatic carbocycles. The Morgan fingerprint density at radius 1 is 1.44 bits per heavy atom. The molecule has 2 heterocycles. The van der Waals surface area contributed by atoms with Gasteiger partial charge in [-0.05, 0) is 6.92 Å². The van der Waals surface area contributed by atoms with Crippen LogP contribution in [0.2, 0.25) is 0 Å². The summed E-state index contributed by atoms with van der Waals surface area (Å²) in [4.78, 5) is 16.1. The van der Waals surface area contributed by atoms with Crippen LogP contribution in [0, 0.1) is 0 Å². The highest BCUT2D eigenvalue weighted by atomic mass is 16.5. The average Bonchev–Trinajstić information content (AvgIpc) is 2.92. The molecule has 0 radical (unpaired) electrons. The number of imidazole rings is 1.